The summed E-state index contributed by atoms with van der Waals surface area (Å²) in [6.07, 6.45) is 2.69. The second kappa shape index (κ2) is 11.7. The van der Waals surface area contributed by atoms with Crippen molar-refractivity contribution in [1.29, 1.82) is 0 Å². The van der Waals surface area contributed by atoms with Crippen molar-refractivity contribution in [3.05, 3.63) is 95.0 Å². The number of benzene rings is 2. The lowest BCUT2D eigenvalue weighted by Gasteiger charge is -2.26. The van der Waals surface area contributed by atoms with E-state index < -0.39 is 27.5 Å². The van der Waals surface area contributed by atoms with Crippen LogP contribution in [0.4, 0.5) is 0 Å². The third-order valence-corrected chi connectivity index (χ3v) is 9.82. The Morgan fingerprint density at radius 2 is 1.82 bits per heavy atom. The minimum Gasteiger partial charge on any atom is -0.287 e. The fourth-order valence-corrected chi connectivity index (χ4v) is 7.48. The Bertz CT molecular complexity index is 1630. The average Bonchev–Trinajstić information content (AvgIpc) is 3.27. The van der Waals surface area contributed by atoms with Crippen molar-refractivity contribution in [3.63, 3.8) is 0 Å². The zero-order valence-corrected chi connectivity index (χ0v) is 24.4. The summed E-state index contributed by atoms with van der Waals surface area (Å²) in [6, 6.07) is 12.7. The zero-order chi connectivity index (χ0) is 27.6. The molecule has 0 saturated carbocycles. The number of hydrogen-bond acceptors (Lipinski definition) is 8. The first-order valence-corrected chi connectivity index (χ1v) is 15.5. The fourth-order valence-electron chi connectivity index (χ4n) is 3.81. The van der Waals surface area contributed by atoms with Gasteiger partial charge in [0.15, 0.2) is 5.12 Å². The molecule has 1 N–H and O–H groups in total. The van der Waals surface area contributed by atoms with Gasteiger partial charge in [-0.25, -0.2) is 9.78 Å². The minimum absolute atomic E-state index is 0.0929. The number of thioether (sulfide) groups is 1. The van der Waals surface area contributed by atoms with Gasteiger partial charge >= 0.3 is 5.69 Å². The summed E-state index contributed by atoms with van der Waals surface area (Å²) >= 11 is 15.9. The zero-order valence-electron chi connectivity index (χ0n) is 20.5. The summed E-state index contributed by atoms with van der Waals surface area (Å²) in [5.74, 6) is 0. The monoisotopic (exact) mass is 608 g/mol. The second-order valence-corrected chi connectivity index (χ2v) is 13.5. The molecule has 0 aliphatic carbocycles. The average molecular weight is 610 g/mol. The molecule has 2 heterocycles. The molecule has 2 aromatic carbocycles. The summed E-state index contributed by atoms with van der Waals surface area (Å²) in [4.78, 5) is 44.1. The number of aromatic nitrogens is 4. The number of aromatic amines is 1. The maximum absolute atomic E-state index is 12.7. The van der Waals surface area contributed by atoms with Gasteiger partial charge in [-0.2, -0.15) is 9.78 Å². The first-order chi connectivity index (χ1) is 18.0. The third-order valence-electron chi connectivity index (χ3n) is 5.58. The molecule has 8 nitrogen and oxygen atoms in total. The number of carbonyl (C=O) groups is 1. The van der Waals surface area contributed by atoms with Crippen LogP contribution in [0.15, 0.2) is 58.3 Å². The predicted octanol–water partition coefficient (Wildman–Crippen LogP) is 4.82. The molecule has 0 radical (unpaired) electrons. The van der Waals surface area contributed by atoms with Crippen LogP contribution in [0.3, 0.4) is 0 Å². The van der Waals surface area contributed by atoms with Crippen molar-refractivity contribution in [2.45, 2.75) is 25.7 Å². The number of H-pyrrole nitrogens is 1. The molecule has 0 bridgehead atoms. The van der Waals surface area contributed by atoms with E-state index in [4.69, 9.17) is 28.2 Å². The normalized spacial score (nSPS) is 12.4. The summed E-state index contributed by atoms with van der Waals surface area (Å²) in [5, 5.41) is 5.27. The summed E-state index contributed by atoms with van der Waals surface area (Å²) < 4.78 is 12.5. The van der Waals surface area contributed by atoms with Crippen molar-refractivity contribution in [2.75, 3.05) is 11.3 Å². The van der Waals surface area contributed by atoms with Gasteiger partial charge in [-0.3, -0.25) is 18.8 Å². The smallest absolute Gasteiger partial charge is 0.287 e. The van der Waals surface area contributed by atoms with Crippen molar-refractivity contribution >= 4 is 62.2 Å². The molecule has 198 valence electrons. The summed E-state index contributed by atoms with van der Waals surface area (Å²) in [7, 11) is -1.09. The highest BCUT2D eigenvalue weighted by atomic mass is 35.5. The summed E-state index contributed by atoms with van der Waals surface area (Å²) in [6.45, 7) is 3.86. The van der Waals surface area contributed by atoms with Gasteiger partial charge in [-0.15, -0.1) is 11.3 Å². The van der Waals surface area contributed by atoms with Crippen LogP contribution in [0, 0.1) is 0 Å². The fraction of sp³-hybridized carbons (Fsp3) is 0.240. The van der Waals surface area contributed by atoms with Gasteiger partial charge in [0.25, 0.3) is 5.56 Å². The van der Waals surface area contributed by atoms with Crippen LogP contribution in [0.5, 0.6) is 0 Å². The van der Waals surface area contributed by atoms with E-state index in [0.717, 1.165) is 33.1 Å². The van der Waals surface area contributed by atoms with Crippen LogP contribution in [-0.4, -0.2) is 40.4 Å². The summed E-state index contributed by atoms with van der Waals surface area (Å²) in [5.41, 5.74) is 0.333. The predicted molar refractivity (Wildman–Crippen MR) is 155 cm³/mol. The minimum atomic E-state index is -1.09. The Hall–Kier alpha value is -2.57. The molecule has 0 aliphatic rings. The molecule has 0 saturated heterocycles. The largest absolute Gasteiger partial charge is 0.349 e. The first kappa shape index (κ1) is 28.4. The van der Waals surface area contributed by atoms with Crippen LogP contribution < -0.4 is 11.2 Å². The topological polar surface area (TPSA) is 115 Å². The highest BCUT2D eigenvalue weighted by molar-refractivity contribution is 8.20. The molecule has 38 heavy (non-hydrogen) atoms. The number of hydrogen-bond donors (Lipinski definition) is 1. The highest BCUT2D eigenvalue weighted by Crippen LogP contribution is 2.44. The van der Waals surface area contributed by atoms with Crippen LogP contribution in [0.25, 0.3) is 16.9 Å². The number of nitrogens with zero attached hydrogens (tertiary/aromatic N) is 3. The third kappa shape index (κ3) is 6.18. The highest BCUT2D eigenvalue weighted by Gasteiger charge is 2.33. The molecule has 1 atom stereocenters. The SMILES string of the molecule is CS(=O)CSC(=O)Cc1sc(C(C)(C)c2c(Cl)cc(-n3ncc(=O)[nH]c3=O)cc2Cl)nc1-c1ccccc1. The standard InChI is InChI=1S/C25H22Cl2N4O4S3/c1-25(2,21-16(26)9-15(10-17(21)27)31-24(34)29-19(32)12-28-31)23-30-22(14-7-5-4-6-8-14)18(37-23)11-20(33)36-13-38(3)35/h4-10,12H,11,13H2,1-3H3,(H,29,32,34). The molecule has 0 spiro atoms. The van der Waals surface area contributed by atoms with Gasteiger partial charge in [-0.1, -0.05) is 65.3 Å². The van der Waals surface area contributed by atoms with E-state index in [9.17, 15) is 18.6 Å². The molecule has 4 aromatic rings. The molecular formula is C25H22Cl2N4O4S3. The van der Waals surface area contributed by atoms with Gasteiger partial charge in [0, 0.05) is 48.5 Å². The van der Waals surface area contributed by atoms with Crippen LogP contribution in [-0.2, 0) is 27.4 Å². The Labute approximate surface area is 238 Å². The molecule has 0 amide bonds. The van der Waals surface area contributed by atoms with Crippen molar-refractivity contribution in [1.82, 2.24) is 19.7 Å². The van der Waals surface area contributed by atoms with E-state index in [2.05, 4.69) is 10.1 Å². The van der Waals surface area contributed by atoms with E-state index in [1.165, 1.54) is 11.3 Å². The van der Waals surface area contributed by atoms with E-state index >= 15 is 0 Å². The molecule has 13 heteroatoms. The van der Waals surface area contributed by atoms with Crippen molar-refractivity contribution in [2.24, 2.45) is 0 Å². The number of halogens is 2. The number of nitrogens with one attached hydrogen (secondary N) is 1. The van der Waals surface area contributed by atoms with Crippen LogP contribution >= 0.6 is 46.3 Å². The molecule has 4 rings (SSSR count). The second-order valence-electron chi connectivity index (χ2n) is 8.80. The maximum atomic E-state index is 12.7. The van der Waals surface area contributed by atoms with Gasteiger partial charge in [-0.05, 0) is 26.0 Å². The van der Waals surface area contributed by atoms with E-state index in [1.54, 1.807) is 18.4 Å². The molecule has 0 fully saturated rings. The van der Waals surface area contributed by atoms with Crippen LogP contribution in [0.1, 0.15) is 29.3 Å². The lowest BCUT2D eigenvalue weighted by Crippen LogP contribution is -2.30. The molecular weight excluding hydrogens is 587 g/mol. The lowest BCUT2D eigenvalue weighted by atomic mass is 9.85. The Balaban J connectivity index is 1.77. The first-order valence-electron chi connectivity index (χ1n) is 11.2. The van der Waals surface area contributed by atoms with E-state index in [-0.39, 0.29) is 26.7 Å². The maximum Gasteiger partial charge on any atom is 0.349 e. The molecule has 1 unspecified atom stereocenters. The van der Waals surface area contributed by atoms with Gasteiger partial charge < -0.3 is 0 Å². The van der Waals surface area contributed by atoms with E-state index in [1.807, 2.05) is 44.2 Å². The van der Waals surface area contributed by atoms with Gasteiger partial charge in [0.05, 0.1) is 22.9 Å². The van der Waals surface area contributed by atoms with Crippen molar-refractivity contribution < 1.29 is 9.00 Å². The quantitative estimate of drug-likeness (QED) is 0.305. The Kier molecular flexibility index (Phi) is 8.73. The number of rotatable bonds is 8. The van der Waals surface area contributed by atoms with Crippen molar-refractivity contribution in [3.8, 4) is 16.9 Å². The Morgan fingerprint density at radius 3 is 2.42 bits per heavy atom. The van der Waals surface area contributed by atoms with Gasteiger partial charge in [0.1, 0.15) is 11.2 Å². The molecule has 0 aliphatic heterocycles. The van der Waals surface area contributed by atoms with Crippen LogP contribution in [0.2, 0.25) is 10.0 Å². The Morgan fingerprint density at radius 1 is 1.16 bits per heavy atom. The number of carbonyl (C=O) groups excluding carboxylic acids is 1. The van der Waals surface area contributed by atoms with Gasteiger partial charge in [0.2, 0.25) is 0 Å². The lowest BCUT2D eigenvalue weighted by molar-refractivity contribution is -0.110. The van der Waals surface area contributed by atoms with E-state index in [0.29, 0.717) is 22.0 Å². The molecule has 2 aromatic heterocycles. The number of thiazole rings is 1.